The third-order valence-electron chi connectivity index (χ3n) is 9.77. The van der Waals surface area contributed by atoms with Gasteiger partial charge in [-0.1, -0.05) is 85.6 Å². The van der Waals surface area contributed by atoms with Crippen molar-refractivity contribution in [1.29, 1.82) is 0 Å². The number of rotatable bonds is 10. The van der Waals surface area contributed by atoms with Gasteiger partial charge in [0.2, 0.25) is 17.7 Å². The molecule has 8 atom stereocenters. The van der Waals surface area contributed by atoms with E-state index in [9.17, 15) is 24.3 Å². The van der Waals surface area contributed by atoms with E-state index in [1.54, 1.807) is 11.0 Å². The Hall–Kier alpha value is -3.06. The number of cyclic esters (lactones) is 1. The molecule has 4 heterocycles. The Bertz CT molecular complexity index is 1400. The molecule has 0 aliphatic carbocycles. The lowest BCUT2D eigenvalue weighted by molar-refractivity contribution is -0.163. The highest BCUT2D eigenvalue weighted by Gasteiger charge is 2.75. The van der Waals surface area contributed by atoms with Crippen molar-refractivity contribution in [2.75, 3.05) is 33.4 Å². The van der Waals surface area contributed by atoms with Gasteiger partial charge in [-0.25, -0.2) is 0 Å². The van der Waals surface area contributed by atoms with Crippen LogP contribution in [0.15, 0.2) is 53.0 Å². The summed E-state index contributed by atoms with van der Waals surface area (Å²) in [6.45, 7) is 6.49. The number of carbonyl (C=O) groups excluding carboxylic acids is 4. The summed E-state index contributed by atoms with van der Waals surface area (Å²) in [6, 6.07) is 6.62. The fourth-order valence-corrected chi connectivity index (χ4v) is 8.39. The number of hydrogen-bond donors (Lipinski definition) is 2. The fourth-order valence-electron chi connectivity index (χ4n) is 7.66. The predicted molar refractivity (Wildman–Crippen MR) is 182 cm³/mol. The summed E-state index contributed by atoms with van der Waals surface area (Å²) in [6.07, 6.45) is 6.42. The molecule has 5 bridgehead atoms. The van der Waals surface area contributed by atoms with Crippen molar-refractivity contribution in [3.05, 3.63) is 58.6 Å². The minimum Gasteiger partial charge on any atom is -0.455 e. The number of benzene rings is 1. The summed E-state index contributed by atoms with van der Waals surface area (Å²) < 4.78 is 19.0. The molecule has 3 amide bonds. The van der Waals surface area contributed by atoms with Gasteiger partial charge in [-0.2, -0.15) is 0 Å². The number of allylic oxidation sites excluding steroid dienone is 1. The Morgan fingerprint density at radius 2 is 1.85 bits per heavy atom. The zero-order chi connectivity index (χ0) is 34.6. The number of methoxy groups -OCH3 is 1. The maximum Gasteiger partial charge on any atom is 0.313 e. The standard InChI is InChI=1S/C36H48BrN3O8/c1-5-6-16-39-17-12-8-11-15-27(42)38-26(21-46-4)30(23-13-9-7-10-14-23)47-35(45)28-29-33(43)40(24(20-41)18-22(2)3)32(34(39)44)36(29)19-25(37)31(28)48-36/h7-10,12-14,19,22,24,26,28-32,41H,5-6,11,15-18,20-21H2,1-4H3,(H,38,42)/b12-8-/t24-,26+,28-,29+,30+,31-,32-,36+/m1/s1. The van der Waals surface area contributed by atoms with Crippen LogP contribution in [0, 0.1) is 17.8 Å². The average Bonchev–Trinajstić information content (AvgIpc) is 3.66. The van der Waals surface area contributed by atoms with Crippen LogP contribution in [0.5, 0.6) is 0 Å². The molecule has 1 aromatic carbocycles. The molecule has 48 heavy (non-hydrogen) atoms. The van der Waals surface area contributed by atoms with Crippen LogP contribution in [-0.2, 0) is 33.4 Å². The van der Waals surface area contributed by atoms with Crippen LogP contribution in [-0.4, -0.2) is 102 Å². The zero-order valence-corrected chi connectivity index (χ0v) is 29.8. The first-order chi connectivity index (χ1) is 23.1. The number of halogens is 1. The lowest BCUT2D eigenvalue weighted by atomic mass is 9.74. The van der Waals surface area contributed by atoms with Gasteiger partial charge in [0.05, 0.1) is 31.2 Å². The molecular weight excluding hydrogens is 682 g/mol. The highest BCUT2D eigenvalue weighted by atomic mass is 79.9. The smallest absolute Gasteiger partial charge is 0.313 e. The molecule has 2 saturated heterocycles. The molecule has 0 saturated carbocycles. The molecule has 0 aromatic heterocycles. The summed E-state index contributed by atoms with van der Waals surface area (Å²) in [5.41, 5.74) is -0.799. The van der Waals surface area contributed by atoms with Crippen LogP contribution >= 0.6 is 15.9 Å². The number of nitrogens with zero attached hydrogens (tertiary/aromatic N) is 2. The number of ether oxygens (including phenoxy) is 3. The second kappa shape index (κ2) is 15.7. The Balaban J connectivity index is 1.64. The van der Waals surface area contributed by atoms with Crippen molar-refractivity contribution >= 4 is 39.6 Å². The summed E-state index contributed by atoms with van der Waals surface area (Å²) in [5.74, 6) is -3.66. The van der Waals surface area contributed by atoms with E-state index >= 15 is 0 Å². The molecule has 2 fully saturated rings. The first-order valence-electron chi connectivity index (χ1n) is 17.0. The van der Waals surface area contributed by atoms with Crippen molar-refractivity contribution in [2.24, 2.45) is 17.8 Å². The molecule has 11 nitrogen and oxygen atoms in total. The highest BCUT2D eigenvalue weighted by molar-refractivity contribution is 9.11. The Kier molecular flexibility index (Phi) is 11.8. The average molecular weight is 731 g/mol. The number of aliphatic hydroxyl groups is 1. The molecule has 1 spiro atoms. The number of nitrogens with one attached hydrogen (secondary N) is 1. The summed E-state index contributed by atoms with van der Waals surface area (Å²) in [4.78, 5) is 60.3. The second-order valence-corrected chi connectivity index (χ2v) is 14.5. The predicted octanol–water partition coefficient (Wildman–Crippen LogP) is 3.66. The van der Waals surface area contributed by atoms with E-state index in [1.807, 2.05) is 63.3 Å². The Labute approximate surface area is 291 Å². The number of unbranched alkanes of at least 4 members (excludes halogenated alkanes) is 1. The molecule has 4 aliphatic rings. The molecule has 0 radical (unpaired) electrons. The number of fused-ring (bicyclic) bond motifs is 2. The van der Waals surface area contributed by atoms with Crippen molar-refractivity contribution in [3.63, 3.8) is 0 Å². The number of likely N-dealkylation sites (tertiary alicyclic amines) is 1. The van der Waals surface area contributed by atoms with Gasteiger partial charge in [0.1, 0.15) is 29.8 Å². The minimum absolute atomic E-state index is 0.0685. The van der Waals surface area contributed by atoms with Gasteiger partial charge >= 0.3 is 5.97 Å². The van der Waals surface area contributed by atoms with Crippen molar-refractivity contribution in [3.8, 4) is 0 Å². The van der Waals surface area contributed by atoms with Crippen LogP contribution in [0.1, 0.15) is 64.5 Å². The summed E-state index contributed by atoms with van der Waals surface area (Å²) >= 11 is 3.61. The molecule has 4 aliphatic heterocycles. The van der Waals surface area contributed by atoms with Gasteiger partial charge in [0.15, 0.2) is 0 Å². The lowest BCUT2D eigenvalue weighted by Gasteiger charge is -2.39. The largest absolute Gasteiger partial charge is 0.455 e. The monoisotopic (exact) mass is 729 g/mol. The van der Waals surface area contributed by atoms with E-state index in [2.05, 4.69) is 21.2 Å². The third kappa shape index (κ3) is 6.99. The van der Waals surface area contributed by atoms with Gasteiger partial charge < -0.3 is 34.4 Å². The number of carbonyl (C=O) groups is 4. The van der Waals surface area contributed by atoms with Crippen molar-refractivity contribution in [2.45, 2.75) is 88.8 Å². The van der Waals surface area contributed by atoms with Gasteiger partial charge in [-0.3, -0.25) is 19.2 Å². The third-order valence-corrected chi connectivity index (χ3v) is 10.5. The number of amides is 3. The van der Waals surface area contributed by atoms with Crippen LogP contribution in [0.4, 0.5) is 0 Å². The summed E-state index contributed by atoms with van der Waals surface area (Å²) in [7, 11) is 1.51. The van der Waals surface area contributed by atoms with Crippen LogP contribution in [0.3, 0.4) is 0 Å². The summed E-state index contributed by atoms with van der Waals surface area (Å²) in [5, 5.41) is 13.6. The molecule has 12 heteroatoms. The molecule has 1 aromatic rings. The molecular formula is C36H48BrN3O8. The fraction of sp³-hybridized carbons (Fsp3) is 0.611. The molecule has 262 valence electrons. The van der Waals surface area contributed by atoms with Gasteiger partial charge in [0.25, 0.3) is 0 Å². The van der Waals surface area contributed by atoms with Gasteiger partial charge in [-0.05, 0) is 36.8 Å². The van der Waals surface area contributed by atoms with E-state index in [0.29, 0.717) is 29.4 Å². The lowest BCUT2D eigenvalue weighted by Crippen LogP contribution is -2.58. The number of esters is 1. The Morgan fingerprint density at radius 1 is 1.10 bits per heavy atom. The normalized spacial score (nSPS) is 32.3. The maximum absolute atomic E-state index is 14.8. The minimum atomic E-state index is -1.45. The first kappa shape index (κ1) is 36.2. The SMILES string of the molecule is CCCCN1C/C=C\CCC(=O)N[C@@H](COC)[C@H](c2ccccc2)OC(=O)[C@H]2[C@@H]3O[C@@]4(C=C3Br)[C@@H]2C(=O)N([C@@H](CO)CC(C)C)[C@@H]4C1=O. The quantitative estimate of drug-likeness (QED) is 0.276. The molecule has 5 rings (SSSR count). The van der Waals surface area contributed by atoms with Gasteiger partial charge in [0, 0.05) is 31.1 Å². The second-order valence-electron chi connectivity index (χ2n) is 13.6. The van der Waals surface area contributed by atoms with E-state index in [0.717, 1.165) is 12.8 Å². The van der Waals surface area contributed by atoms with Crippen molar-refractivity contribution < 1.29 is 38.5 Å². The van der Waals surface area contributed by atoms with E-state index in [1.165, 1.54) is 12.0 Å². The highest BCUT2D eigenvalue weighted by Crippen LogP contribution is 2.59. The number of hydrogen-bond acceptors (Lipinski definition) is 8. The Morgan fingerprint density at radius 3 is 2.52 bits per heavy atom. The van der Waals surface area contributed by atoms with Crippen molar-refractivity contribution in [1.82, 2.24) is 15.1 Å². The van der Waals surface area contributed by atoms with E-state index < -0.39 is 59.6 Å². The van der Waals surface area contributed by atoms with Gasteiger partial charge in [-0.15, -0.1) is 0 Å². The van der Waals surface area contributed by atoms with Crippen LogP contribution < -0.4 is 5.32 Å². The topological polar surface area (TPSA) is 135 Å². The molecule has 2 N–H and O–H groups in total. The van der Waals surface area contributed by atoms with E-state index in [4.69, 9.17) is 14.2 Å². The maximum atomic E-state index is 14.8. The first-order valence-corrected chi connectivity index (χ1v) is 17.8. The van der Waals surface area contributed by atoms with Crippen LogP contribution in [0.25, 0.3) is 0 Å². The van der Waals surface area contributed by atoms with Crippen LogP contribution in [0.2, 0.25) is 0 Å². The van der Waals surface area contributed by atoms with E-state index in [-0.39, 0.29) is 43.9 Å². The zero-order valence-electron chi connectivity index (χ0n) is 28.2. The molecule has 0 unspecified atom stereocenters. The number of aliphatic hydroxyl groups excluding tert-OH is 1.